The number of imide groups is 1. The van der Waals surface area contributed by atoms with E-state index in [1.54, 1.807) is 0 Å². The Morgan fingerprint density at radius 1 is 1.15 bits per heavy atom. The van der Waals surface area contributed by atoms with Crippen molar-refractivity contribution < 1.29 is 28.7 Å². The number of amides is 2. The first-order valence-electron chi connectivity index (χ1n) is 8.45. The van der Waals surface area contributed by atoms with E-state index < -0.39 is 36.7 Å². The molecular formula is C19H18ClNO6. The van der Waals surface area contributed by atoms with Crippen LogP contribution in [-0.2, 0) is 19.1 Å². The van der Waals surface area contributed by atoms with Crippen molar-refractivity contribution >= 4 is 35.2 Å². The van der Waals surface area contributed by atoms with E-state index >= 15 is 0 Å². The Bertz CT molecular complexity index is 807. The molecule has 1 fully saturated rings. The molecule has 1 aromatic rings. The van der Waals surface area contributed by atoms with Crippen molar-refractivity contribution in [2.45, 2.75) is 12.8 Å². The van der Waals surface area contributed by atoms with Gasteiger partial charge in [-0.3, -0.25) is 24.1 Å². The van der Waals surface area contributed by atoms with Gasteiger partial charge in [0.1, 0.15) is 12.3 Å². The number of hydrogen-bond donors (Lipinski definition) is 0. The lowest BCUT2D eigenvalue weighted by atomic mass is 9.85. The van der Waals surface area contributed by atoms with Gasteiger partial charge < -0.3 is 9.47 Å². The molecule has 3 rings (SSSR count). The van der Waals surface area contributed by atoms with Gasteiger partial charge >= 0.3 is 5.97 Å². The minimum atomic E-state index is -0.809. The summed E-state index contributed by atoms with van der Waals surface area (Å²) in [5, 5.41) is 0.263. The fourth-order valence-electron chi connectivity index (χ4n) is 3.27. The summed E-state index contributed by atoms with van der Waals surface area (Å²) in [6.07, 6.45) is 4.73. The van der Waals surface area contributed by atoms with E-state index in [0.717, 1.165) is 4.90 Å². The minimum absolute atomic E-state index is 0.263. The molecule has 0 bridgehead atoms. The number of carbonyl (C=O) groups is 4. The van der Waals surface area contributed by atoms with Crippen molar-refractivity contribution in [2.24, 2.45) is 11.8 Å². The molecule has 1 aliphatic carbocycles. The van der Waals surface area contributed by atoms with Crippen LogP contribution in [0.5, 0.6) is 5.75 Å². The molecule has 0 unspecified atom stereocenters. The Morgan fingerprint density at radius 3 is 2.33 bits per heavy atom. The first kappa shape index (κ1) is 19.1. The third-order valence-electron chi connectivity index (χ3n) is 4.72. The third-order valence-corrected chi connectivity index (χ3v) is 5.02. The highest BCUT2D eigenvalue weighted by Gasteiger charge is 2.47. The van der Waals surface area contributed by atoms with Crippen LogP contribution >= 0.6 is 11.6 Å². The van der Waals surface area contributed by atoms with Crippen LogP contribution in [0.15, 0.2) is 30.4 Å². The predicted molar refractivity (Wildman–Crippen MR) is 95.4 cm³/mol. The van der Waals surface area contributed by atoms with Gasteiger partial charge in [-0.2, -0.15) is 0 Å². The van der Waals surface area contributed by atoms with Crippen LogP contribution in [0.4, 0.5) is 0 Å². The van der Waals surface area contributed by atoms with Gasteiger partial charge in [-0.05, 0) is 31.0 Å². The molecule has 0 spiro atoms. The van der Waals surface area contributed by atoms with Crippen molar-refractivity contribution in [2.75, 3.05) is 20.3 Å². The molecular weight excluding hydrogens is 374 g/mol. The number of rotatable bonds is 6. The van der Waals surface area contributed by atoms with Gasteiger partial charge in [-0.1, -0.05) is 23.8 Å². The molecule has 0 aromatic heterocycles. The molecule has 8 heteroatoms. The maximum Gasteiger partial charge on any atom is 0.326 e. The summed E-state index contributed by atoms with van der Waals surface area (Å²) in [7, 11) is 1.46. The summed E-state index contributed by atoms with van der Waals surface area (Å²) in [5.74, 6) is -2.37. The van der Waals surface area contributed by atoms with E-state index in [1.165, 1.54) is 25.3 Å². The quantitative estimate of drug-likeness (QED) is 0.319. The Kier molecular flexibility index (Phi) is 5.60. The van der Waals surface area contributed by atoms with Gasteiger partial charge in [0.05, 0.1) is 24.0 Å². The van der Waals surface area contributed by atoms with E-state index in [9.17, 15) is 19.2 Å². The number of nitrogens with zero attached hydrogens (tertiary/aromatic N) is 1. The van der Waals surface area contributed by atoms with Crippen LogP contribution in [-0.4, -0.2) is 48.7 Å². The van der Waals surface area contributed by atoms with Crippen LogP contribution in [0.3, 0.4) is 0 Å². The van der Waals surface area contributed by atoms with Crippen LogP contribution in [0.1, 0.15) is 23.2 Å². The lowest BCUT2D eigenvalue weighted by molar-refractivity contribution is -0.152. The predicted octanol–water partition coefficient (Wildman–Crippen LogP) is 2.03. The summed E-state index contributed by atoms with van der Waals surface area (Å²) in [4.78, 5) is 49.7. The van der Waals surface area contributed by atoms with E-state index in [-0.39, 0.29) is 22.4 Å². The number of ether oxygens (including phenoxy) is 2. The number of Topliss-reactive ketones (excluding diaryl/α,β-unsaturated/α-hetero) is 1. The molecule has 2 aliphatic rings. The number of halogens is 1. The number of carbonyl (C=O) groups excluding carboxylic acids is 4. The minimum Gasteiger partial charge on any atom is -0.495 e. The number of allylic oxidation sites excluding steroid dienone is 2. The Morgan fingerprint density at radius 2 is 1.78 bits per heavy atom. The molecule has 1 aliphatic heterocycles. The van der Waals surface area contributed by atoms with Gasteiger partial charge in [0.2, 0.25) is 11.8 Å². The molecule has 2 atom stereocenters. The van der Waals surface area contributed by atoms with E-state index in [4.69, 9.17) is 21.1 Å². The molecule has 7 nitrogen and oxygen atoms in total. The van der Waals surface area contributed by atoms with Gasteiger partial charge in [-0.15, -0.1) is 0 Å². The molecule has 2 amide bonds. The van der Waals surface area contributed by atoms with Crippen molar-refractivity contribution in [1.29, 1.82) is 0 Å². The maximum atomic E-state index is 12.3. The lowest BCUT2D eigenvalue weighted by Gasteiger charge is -2.14. The van der Waals surface area contributed by atoms with Crippen molar-refractivity contribution in [1.82, 2.24) is 4.90 Å². The summed E-state index contributed by atoms with van der Waals surface area (Å²) in [5.41, 5.74) is 0.263. The number of hydrogen-bond acceptors (Lipinski definition) is 6. The van der Waals surface area contributed by atoms with Gasteiger partial charge in [0.25, 0.3) is 0 Å². The number of benzene rings is 1. The largest absolute Gasteiger partial charge is 0.495 e. The SMILES string of the molecule is COc1ccc(C(=O)COC(=O)CN2C(=O)[C@@H]3CC=CC[C@H]3C2=O)cc1Cl. The molecule has 0 N–H and O–H groups in total. The number of fused-ring (bicyclic) bond motifs is 1. The van der Waals surface area contributed by atoms with Crippen LogP contribution < -0.4 is 4.74 Å². The number of likely N-dealkylation sites (tertiary alicyclic amines) is 1. The highest BCUT2D eigenvalue weighted by atomic mass is 35.5. The summed E-state index contributed by atoms with van der Waals surface area (Å²) in [6, 6.07) is 4.46. The third kappa shape index (κ3) is 3.88. The zero-order valence-electron chi connectivity index (χ0n) is 14.6. The first-order valence-corrected chi connectivity index (χ1v) is 8.82. The summed E-state index contributed by atoms with van der Waals surface area (Å²) >= 11 is 5.97. The second-order valence-electron chi connectivity index (χ2n) is 6.35. The molecule has 0 saturated carbocycles. The van der Waals surface area contributed by atoms with E-state index in [0.29, 0.717) is 18.6 Å². The van der Waals surface area contributed by atoms with Gasteiger partial charge in [0, 0.05) is 5.56 Å². The lowest BCUT2D eigenvalue weighted by Crippen LogP contribution is -2.37. The second kappa shape index (κ2) is 7.92. The molecule has 1 saturated heterocycles. The molecule has 1 heterocycles. The van der Waals surface area contributed by atoms with Gasteiger partial charge in [-0.25, -0.2) is 0 Å². The standard InChI is InChI=1S/C19H18ClNO6/c1-26-16-7-6-11(8-14(16)20)15(22)10-27-17(23)9-21-18(24)12-4-2-3-5-13(12)19(21)25/h2-3,6-8,12-13H,4-5,9-10H2,1H3/t12-,13-/m1/s1. The first-order chi connectivity index (χ1) is 12.9. The molecule has 1 aromatic carbocycles. The fourth-order valence-corrected chi connectivity index (χ4v) is 3.53. The average Bonchev–Trinajstić information content (AvgIpc) is 2.91. The van der Waals surface area contributed by atoms with Crippen LogP contribution in [0.25, 0.3) is 0 Å². The van der Waals surface area contributed by atoms with Gasteiger partial charge in [0.15, 0.2) is 12.4 Å². The van der Waals surface area contributed by atoms with E-state index in [1.807, 2.05) is 12.2 Å². The average molecular weight is 392 g/mol. The number of esters is 1. The topological polar surface area (TPSA) is 90.0 Å². The number of ketones is 1. The monoisotopic (exact) mass is 391 g/mol. The summed E-state index contributed by atoms with van der Waals surface area (Å²) in [6.45, 7) is -0.993. The van der Waals surface area contributed by atoms with Crippen LogP contribution in [0, 0.1) is 11.8 Å². The highest BCUT2D eigenvalue weighted by molar-refractivity contribution is 6.32. The Labute approximate surface area is 160 Å². The second-order valence-corrected chi connectivity index (χ2v) is 6.76. The normalized spacial score (nSPS) is 21.2. The Hall–Kier alpha value is -2.67. The van der Waals surface area contributed by atoms with Crippen LogP contribution in [0.2, 0.25) is 5.02 Å². The van der Waals surface area contributed by atoms with Crippen molar-refractivity contribution in [3.63, 3.8) is 0 Å². The number of methoxy groups -OCH3 is 1. The highest BCUT2D eigenvalue weighted by Crippen LogP contribution is 2.34. The zero-order valence-corrected chi connectivity index (χ0v) is 15.4. The maximum absolute atomic E-state index is 12.3. The zero-order chi connectivity index (χ0) is 19.6. The Balaban J connectivity index is 1.55. The summed E-state index contributed by atoms with van der Waals surface area (Å²) < 4.78 is 9.95. The van der Waals surface area contributed by atoms with Crippen molar-refractivity contribution in [3.8, 4) is 5.75 Å². The smallest absolute Gasteiger partial charge is 0.326 e. The fraction of sp³-hybridized carbons (Fsp3) is 0.368. The molecule has 27 heavy (non-hydrogen) atoms. The molecule has 0 radical (unpaired) electrons. The van der Waals surface area contributed by atoms with Crippen molar-refractivity contribution in [3.05, 3.63) is 40.9 Å². The molecule has 142 valence electrons. The van der Waals surface area contributed by atoms with E-state index in [2.05, 4.69) is 0 Å².